The number of anilines is 1. The van der Waals surface area contributed by atoms with Crippen LogP contribution in [0, 0.1) is 11.8 Å². The van der Waals surface area contributed by atoms with E-state index in [-0.39, 0.29) is 5.69 Å². The molecular weight excluding hydrogens is 507 g/mol. The van der Waals surface area contributed by atoms with Gasteiger partial charge in [0.15, 0.2) is 5.78 Å². The van der Waals surface area contributed by atoms with Crippen LogP contribution < -0.4 is 4.90 Å². The molecule has 3 aliphatic rings. The summed E-state index contributed by atoms with van der Waals surface area (Å²) in [5.74, 6) is -3.99. The molecule has 0 radical (unpaired) electrons. The Hall–Kier alpha value is -3.98. The van der Waals surface area contributed by atoms with E-state index in [2.05, 4.69) is 5.10 Å². The van der Waals surface area contributed by atoms with Crippen LogP contribution in [0.2, 0.25) is 5.02 Å². The molecule has 0 bridgehead atoms. The molecule has 3 aromatic carbocycles. The van der Waals surface area contributed by atoms with Gasteiger partial charge in [-0.2, -0.15) is 18.3 Å². The molecule has 6 nitrogen and oxygen atoms in total. The van der Waals surface area contributed by atoms with Crippen LogP contribution in [-0.4, -0.2) is 34.9 Å². The van der Waals surface area contributed by atoms with E-state index in [1.807, 2.05) is 6.07 Å². The number of amides is 2. The molecule has 0 spiro atoms. The molecule has 2 saturated heterocycles. The Kier molecular flexibility index (Phi) is 5.24. The summed E-state index contributed by atoms with van der Waals surface area (Å²) in [4.78, 5) is 42.1. The van der Waals surface area contributed by atoms with Gasteiger partial charge in [0.25, 0.3) is 0 Å². The molecular formula is C27H17ClF3N3O3. The van der Waals surface area contributed by atoms with Crippen molar-refractivity contribution in [3.8, 4) is 0 Å². The number of hydrogen-bond donors (Lipinski definition) is 0. The summed E-state index contributed by atoms with van der Waals surface area (Å²) < 4.78 is 40.6. The number of rotatable bonds is 3. The Labute approximate surface area is 213 Å². The van der Waals surface area contributed by atoms with Crippen LogP contribution in [0.4, 0.5) is 18.9 Å². The van der Waals surface area contributed by atoms with Crippen LogP contribution in [0.25, 0.3) is 0 Å². The second-order valence-electron chi connectivity index (χ2n) is 9.10. The van der Waals surface area contributed by atoms with E-state index in [4.69, 9.17) is 11.6 Å². The number of Topliss-reactive ketones (excluding diaryl/α,β-unsaturated/α-hetero) is 1. The summed E-state index contributed by atoms with van der Waals surface area (Å²) in [5, 5.41) is 5.42. The van der Waals surface area contributed by atoms with Crippen molar-refractivity contribution in [2.45, 2.75) is 18.3 Å². The van der Waals surface area contributed by atoms with Gasteiger partial charge in [-0.3, -0.25) is 19.4 Å². The highest BCUT2D eigenvalue weighted by Crippen LogP contribution is 2.53. The first kappa shape index (κ1) is 23.4. The van der Waals surface area contributed by atoms with Gasteiger partial charge in [-0.05, 0) is 29.3 Å². The third kappa shape index (κ3) is 3.48. The molecule has 0 N–H and O–H groups in total. The smallest absolute Gasteiger partial charge is 0.292 e. The minimum Gasteiger partial charge on any atom is -0.292 e. The maximum atomic E-state index is 13.8. The minimum absolute atomic E-state index is 0.244. The van der Waals surface area contributed by atoms with E-state index in [0.29, 0.717) is 17.2 Å². The monoisotopic (exact) mass is 523 g/mol. The van der Waals surface area contributed by atoms with Gasteiger partial charge in [-0.15, -0.1) is 0 Å². The van der Waals surface area contributed by atoms with Gasteiger partial charge in [0.05, 0.1) is 40.4 Å². The number of fused-ring (bicyclic) bond motifs is 5. The first-order valence-electron chi connectivity index (χ1n) is 11.4. The SMILES string of the molecule is O=C(c1ccccc1)C1C2C(=O)N(c3ccc(Cl)c(C(F)(F)F)c3)C(=O)C2C2c3ccccc3C=NN12. The highest BCUT2D eigenvalue weighted by atomic mass is 35.5. The van der Waals surface area contributed by atoms with Crippen LogP contribution in [0.5, 0.6) is 0 Å². The van der Waals surface area contributed by atoms with Crippen molar-refractivity contribution in [3.05, 3.63) is 100 Å². The van der Waals surface area contributed by atoms with Gasteiger partial charge in [0, 0.05) is 5.56 Å². The van der Waals surface area contributed by atoms with Gasteiger partial charge >= 0.3 is 6.18 Å². The lowest BCUT2D eigenvalue weighted by molar-refractivity contribution is -0.137. The van der Waals surface area contributed by atoms with Gasteiger partial charge in [0.2, 0.25) is 11.8 Å². The normalized spacial score (nSPS) is 24.2. The fourth-order valence-electron chi connectivity index (χ4n) is 5.57. The van der Waals surface area contributed by atoms with Crippen molar-refractivity contribution in [1.29, 1.82) is 0 Å². The summed E-state index contributed by atoms with van der Waals surface area (Å²) in [7, 11) is 0. The average Bonchev–Trinajstić information content (AvgIpc) is 3.36. The number of halogens is 4. The number of alkyl halides is 3. The maximum absolute atomic E-state index is 13.8. The van der Waals surface area contributed by atoms with Crippen molar-refractivity contribution in [2.75, 3.05) is 4.90 Å². The molecule has 3 aliphatic heterocycles. The Morgan fingerprint density at radius 1 is 0.892 bits per heavy atom. The van der Waals surface area contributed by atoms with E-state index >= 15 is 0 Å². The lowest BCUT2D eigenvalue weighted by Crippen LogP contribution is -2.44. The van der Waals surface area contributed by atoms with E-state index < -0.39 is 58.3 Å². The fraction of sp³-hybridized carbons (Fsp3) is 0.185. The number of benzene rings is 3. The van der Waals surface area contributed by atoms with Crippen molar-refractivity contribution in [3.63, 3.8) is 0 Å². The number of carbonyl (C=O) groups excluding carboxylic acids is 3. The average molecular weight is 524 g/mol. The molecule has 6 rings (SSSR count). The third-order valence-corrected chi connectivity index (χ3v) is 7.46. The summed E-state index contributed by atoms with van der Waals surface area (Å²) in [5.41, 5.74) is 0.387. The Bertz CT molecular complexity index is 1490. The number of hydrogen-bond acceptors (Lipinski definition) is 5. The summed E-state index contributed by atoms with van der Waals surface area (Å²) in [6.45, 7) is 0. The molecule has 10 heteroatoms. The Balaban J connectivity index is 1.49. The number of carbonyl (C=O) groups is 3. The molecule has 37 heavy (non-hydrogen) atoms. The molecule has 0 aliphatic carbocycles. The van der Waals surface area contributed by atoms with E-state index in [1.165, 1.54) is 11.1 Å². The number of nitrogens with zero attached hydrogens (tertiary/aromatic N) is 3. The fourth-order valence-corrected chi connectivity index (χ4v) is 5.79. The quantitative estimate of drug-likeness (QED) is 0.353. The van der Waals surface area contributed by atoms with E-state index in [9.17, 15) is 27.6 Å². The van der Waals surface area contributed by atoms with Crippen LogP contribution in [0.15, 0.2) is 77.9 Å². The van der Waals surface area contributed by atoms with Gasteiger partial charge in [0.1, 0.15) is 6.04 Å². The molecule has 3 heterocycles. The van der Waals surface area contributed by atoms with Crippen LogP contribution in [-0.2, 0) is 15.8 Å². The first-order valence-corrected chi connectivity index (χ1v) is 11.8. The van der Waals surface area contributed by atoms with Crippen molar-refractivity contribution < 1.29 is 27.6 Å². The molecule has 186 valence electrons. The minimum atomic E-state index is -4.78. The van der Waals surface area contributed by atoms with Crippen LogP contribution in [0.3, 0.4) is 0 Å². The van der Waals surface area contributed by atoms with E-state index in [1.54, 1.807) is 54.7 Å². The highest BCUT2D eigenvalue weighted by molar-refractivity contribution is 6.32. The number of ketones is 1. The van der Waals surface area contributed by atoms with Gasteiger partial charge in [-0.1, -0.05) is 66.2 Å². The van der Waals surface area contributed by atoms with Crippen LogP contribution >= 0.6 is 11.6 Å². The molecule has 4 unspecified atom stereocenters. The molecule has 2 amide bonds. The highest BCUT2D eigenvalue weighted by Gasteiger charge is 2.65. The van der Waals surface area contributed by atoms with Gasteiger partial charge < -0.3 is 0 Å². The Morgan fingerprint density at radius 3 is 2.30 bits per heavy atom. The summed E-state index contributed by atoms with van der Waals surface area (Å²) in [6.07, 6.45) is -3.20. The first-order chi connectivity index (χ1) is 17.7. The summed E-state index contributed by atoms with van der Waals surface area (Å²) in [6, 6.07) is 16.6. The molecule has 0 saturated carbocycles. The third-order valence-electron chi connectivity index (χ3n) is 7.13. The van der Waals surface area contributed by atoms with Crippen molar-refractivity contribution in [1.82, 2.24) is 5.01 Å². The lowest BCUT2D eigenvalue weighted by Gasteiger charge is -2.33. The number of hydrazone groups is 1. The Morgan fingerprint density at radius 2 is 1.57 bits per heavy atom. The zero-order valence-corrected chi connectivity index (χ0v) is 19.6. The zero-order chi connectivity index (χ0) is 26.1. The largest absolute Gasteiger partial charge is 0.417 e. The molecule has 0 aromatic heterocycles. The predicted octanol–water partition coefficient (Wildman–Crippen LogP) is 5.12. The standard InChI is InChI=1S/C27H17ClF3N3O3/c28-19-11-10-16(12-18(19)27(29,30)31)33-25(36)20-21(26(33)37)23(24(35)14-6-2-1-3-7-14)34-22(20)17-9-5-4-8-15(17)13-32-34/h1-13,20-23H. The maximum Gasteiger partial charge on any atom is 0.417 e. The summed E-state index contributed by atoms with van der Waals surface area (Å²) >= 11 is 5.76. The van der Waals surface area contributed by atoms with E-state index in [0.717, 1.165) is 16.5 Å². The van der Waals surface area contributed by atoms with Gasteiger partial charge in [-0.25, -0.2) is 4.90 Å². The second-order valence-corrected chi connectivity index (χ2v) is 9.51. The molecule has 3 aromatic rings. The lowest BCUT2D eigenvalue weighted by atomic mass is 9.83. The van der Waals surface area contributed by atoms with Crippen molar-refractivity contribution >= 4 is 41.1 Å². The zero-order valence-electron chi connectivity index (χ0n) is 18.9. The number of imide groups is 1. The van der Waals surface area contributed by atoms with Crippen molar-refractivity contribution in [2.24, 2.45) is 16.9 Å². The molecule has 4 atom stereocenters. The van der Waals surface area contributed by atoms with Crippen LogP contribution in [0.1, 0.15) is 33.1 Å². The predicted molar refractivity (Wildman–Crippen MR) is 129 cm³/mol. The second kappa shape index (κ2) is 8.27. The topological polar surface area (TPSA) is 70.0 Å². The molecule has 2 fully saturated rings.